The van der Waals surface area contributed by atoms with Crippen LogP contribution in [0.3, 0.4) is 0 Å². The summed E-state index contributed by atoms with van der Waals surface area (Å²) in [6.07, 6.45) is -4.85. The van der Waals surface area contributed by atoms with Gasteiger partial charge in [-0.15, -0.1) is 0 Å². The second-order valence-electron chi connectivity index (χ2n) is 7.66. The van der Waals surface area contributed by atoms with Crippen LogP contribution in [0.2, 0.25) is 0 Å². The van der Waals surface area contributed by atoms with Crippen LogP contribution in [0.1, 0.15) is 31.3 Å². The number of hydrogen-bond donors (Lipinski definition) is 0. The molecule has 0 spiro atoms. The van der Waals surface area contributed by atoms with Crippen LogP contribution >= 0.6 is 0 Å². The zero-order chi connectivity index (χ0) is 22.5. The molecule has 2 fully saturated rings. The molecule has 0 aromatic heterocycles. The second kappa shape index (κ2) is 10.2. The Labute approximate surface area is 186 Å². The van der Waals surface area contributed by atoms with Gasteiger partial charge in [0.25, 0.3) is 0 Å². The van der Waals surface area contributed by atoms with Gasteiger partial charge in [0.15, 0.2) is 24.8 Å². The van der Waals surface area contributed by atoms with Crippen molar-refractivity contribution in [2.45, 2.75) is 57.5 Å². The van der Waals surface area contributed by atoms with Gasteiger partial charge in [-0.3, -0.25) is 9.59 Å². The summed E-state index contributed by atoms with van der Waals surface area (Å²) in [5, 5.41) is 0. The van der Waals surface area contributed by atoms with Gasteiger partial charge in [-0.2, -0.15) is 0 Å². The van der Waals surface area contributed by atoms with Crippen LogP contribution < -0.4 is 0 Å². The summed E-state index contributed by atoms with van der Waals surface area (Å²) in [5.74, 6) is -1.07. The fourth-order valence-electron chi connectivity index (χ4n) is 3.86. The van der Waals surface area contributed by atoms with Crippen LogP contribution in [0.5, 0.6) is 0 Å². The molecule has 0 radical (unpaired) electrons. The molecule has 0 amide bonds. The molecular weight excluding hydrogens is 416 g/mol. The van der Waals surface area contributed by atoms with Gasteiger partial charge in [0.1, 0.15) is 12.2 Å². The fraction of sp³-hybridized carbons (Fsp3) is 0.417. The molecule has 6 atom stereocenters. The second-order valence-corrected chi connectivity index (χ2v) is 7.66. The van der Waals surface area contributed by atoms with E-state index in [1.165, 1.54) is 13.8 Å². The number of fused-ring (bicyclic) bond motifs is 1. The van der Waals surface area contributed by atoms with Gasteiger partial charge < -0.3 is 28.4 Å². The minimum Gasteiger partial charge on any atom is -0.455 e. The maximum absolute atomic E-state index is 11.9. The van der Waals surface area contributed by atoms with E-state index in [2.05, 4.69) is 0 Å². The summed E-state index contributed by atoms with van der Waals surface area (Å²) in [6.45, 7) is 2.99. The van der Waals surface area contributed by atoms with Crippen molar-refractivity contribution in [2.75, 3.05) is 6.61 Å². The van der Waals surface area contributed by atoms with E-state index in [0.717, 1.165) is 11.1 Å². The maximum Gasteiger partial charge on any atom is 0.303 e. The van der Waals surface area contributed by atoms with Gasteiger partial charge in [-0.1, -0.05) is 60.7 Å². The summed E-state index contributed by atoms with van der Waals surface area (Å²) in [7, 11) is 0. The number of hydrogen-bond acceptors (Lipinski definition) is 8. The molecule has 2 saturated heterocycles. The first-order valence-electron chi connectivity index (χ1n) is 10.5. The van der Waals surface area contributed by atoms with E-state index in [1.54, 1.807) is 0 Å². The third-order valence-corrected chi connectivity index (χ3v) is 5.22. The Morgan fingerprint density at radius 2 is 1.50 bits per heavy atom. The Morgan fingerprint density at radius 1 is 0.875 bits per heavy atom. The van der Waals surface area contributed by atoms with Crippen molar-refractivity contribution in [3.63, 3.8) is 0 Å². The quantitative estimate of drug-likeness (QED) is 0.631. The molecule has 8 nitrogen and oxygen atoms in total. The van der Waals surface area contributed by atoms with Gasteiger partial charge >= 0.3 is 11.9 Å². The first kappa shape index (κ1) is 22.4. The molecule has 4 rings (SSSR count). The van der Waals surface area contributed by atoms with E-state index in [1.807, 2.05) is 60.7 Å². The molecule has 170 valence electrons. The lowest BCUT2D eigenvalue weighted by molar-refractivity contribution is -0.363. The molecule has 0 aliphatic carbocycles. The molecule has 0 saturated carbocycles. The van der Waals surface area contributed by atoms with E-state index < -0.39 is 48.9 Å². The monoisotopic (exact) mass is 442 g/mol. The molecule has 0 unspecified atom stereocenters. The highest BCUT2D eigenvalue weighted by atomic mass is 16.8. The van der Waals surface area contributed by atoms with Crippen molar-refractivity contribution in [3.05, 3.63) is 71.8 Å². The van der Waals surface area contributed by atoms with Gasteiger partial charge in [0.05, 0.1) is 13.2 Å². The predicted octanol–water partition coefficient (Wildman–Crippen LogP) is 2.91. The lowest BCUT2D eigenvalue weighted by Crippen LogP contribution is -2.64. The van der Waals surface area contributed by atoms with Crippen molar-refractivity contribution in [2.24, 2.45) is 0 Å². The minimum absolute atomic E-state index is 0.194. The highest BCUT2D eigenvalue weighted by Gasteiger charge is 2.53. The average Bonchev–Trinajstić information content (AvgIpc) is 2.80. The minimum atomic E-state index is -1.00. The number of esters is 2. The largest absolute Gasteiger partial charge is 0.455 e. The summed E-state index contributed by atoms with van der Waals surface area (Å²) in [6, 6.07) is 18.9. The molecule has 2 aliphatic rings. The molecule has 8 heteroatoms. The zero-order valence-electron chi connectivity index (χ0n) is 17.9. The van der Waals surface area contributed by atoms with E-state index in [4.69, 9.17) is 28.4 Å². The van der Waals surface area contributed by atoms with Crippen molar-refractivity contribution in [3.8, 4) is 0 Å². The van der Waals surface area contributed by atoms with E-state index in [9.17, 15) is 9.59 Å². The van der Waals surface area contributed by atoms with Crippen molar-refractivity contribution >= 4 is 11.9 Å². The molecule has 32 heavy (non-hydrogen) atoms. The number of carbonyl (C=O) groups is 2. The smallest absolute Gasteiger partial charge is 0.303 e. The van der Waals surface area contributed by atoms with Crippen molar-refractivity contribution in [1.29, 1.82) is 0 Å². The lowest BCUT2D eigenvalue weighted by Gasteiger charge is -2.48. The Bertz CT molecular complexity index is 903. The van der Waals surface area contributed by atoms with Gasteiger partial charge in [-0.25, -0.2) is 0 Å². The van der Waals surface area contributed by atoms with Crippen LogP contribution in [0.25, 0.3) is 0 Å². The van der Waals surface area contributed by atoms with Crippen LogP contribution in [0.15, 0.2) is 60.7 Å². The number of benzene rings is 2. The van der Waals surface area contributed by atoms with E-state index >= 15 is 0 Å². The highest BCUT2D eigenvalue weighted by Crippen LogP contribution is 2.37. The first-order chi connectivity index (χ1) is 15.5. The molecular formula is C24H26O8. The third-order valence-electron chi connectivity index (χ3n) is 5.22. The summed E-state index contributed by atoms with van der Waals surface area (Å²) in [4.78, 5) is 23.8. The SMILES string of the molecule is CC(=O)O[C@@H]1[C@H](OC(C)=O)[C@H](OCc2ccccc2)O[C@@H]2CO[C@H](c3ccccc3)O[C@@H]12. The van der Waals surface area contributed by atoms with Gasteiger partial charge in [-0.05, 0) is 5.56 Å². The standard InChI is InChI=1S/C24H26O8/c1-15(25)29-21-20-19(14-28-23(32-20)18-11-7-4-8-12-18)31-24(22(21)30-16(2)26)27-13-17-9-5-3-6-10-17/h3-12,19-24H,13-14H2,1-2H3/t19-,20-,21+,22+,23+,24-/m1/s1. The Balaban J connectivity index is 1.57. The maximum atomic E-state index is 11.9. The molecule has 2 aliphatic heterocycles. The van der Waals surface area contributed by atoms with Crippen LogP contribution in [0.4, 0.5) is 0 Å². The summed E-state index contributed by atoms with van der Waals surface area (Å²) >= 11 is 0. The number of ether oxygens (including phenoxy) is 6. The third kappa shape index (κ3) is 5.34. The normalized spacial score (nSPS) is 29.6. The van der Waals surface area contributed by atoms with Crippen LogP contribution in [-0.4, -0.2) is 49.3 Å². The molecule has 2 aromatic carbocycles. The van der Waals surface area contributed by atoms with Crippen LogP contribution in [-0.2, 0) is 44.6 Å². The Morgan fingerprint density at radius 3 is 2.16 bits per heavy atom. The van der Waals surface area contributed by atoms with Crippen LogP contribution in [0, 0.1) is 0 Å². The van der Waals surface area contributed by atoms with Gasteiger partial charge in [0, 0.05) is 19.4 Å². The summed E-state index contributed by atoms with van der Waals surface area (Å²) in [5.41, 5.74) is 1.74. The van der Waals surface area contributed by atoms with E-state index in [0.29, 0.717) is 0 Å². The first-order valence-corrected chi connectivity index (χ1v) is 10.5. The lowest BCUT2D eigenvalue weighted by atomic mass is 9.97. The molecule has 2 aromatic rings. The van der Waals surface area contributed by atoms with Crippen molar-refractivity contribution < 1.29 is 38.0 Å². The number of rotatable bonds is 6. The van der Waals surface area contributed by atoms with Crippen molar-refractivity contribution in [1.82, 2.24) is 0 Å². The number of carbonyl (C=O) groups excluding carboxylic acids is 2. The topological polar surface area (TPSA) is 89.5 Å². The Kier molecular flexibility index (Phi) is 7.16. The molecule has 0 bridgehead atoms. The fourth-order valence-corrected chi connectivity index (χ4v) is 3.86. The average molecular weight is 442 g/mol. The summed E-state index contributed by atoms with van der Waals surface area (Å²) < 4.78 is 35.1. The molecule has 0 N–H and O–H groups in total. The van der Waals surface area contributed by atoms with E-state index in [-0.39, 0.29) is 13.2 Å². The van der Waals surface area contributed by atoms with Gasteiger partial charge in [0.2, 0.25) is 0 Å². The zero-order valence-corrected chi connectivity index (χ0v) is 17.9. The predicted molar refractivity (Wildman–Crippen MR) is 111 cm³/mol. The molecule has 2 heterocycles. The Hall–Kier alpha value is -2.78. The highest BCUT2D eigenvalue weighted by molar-refractivity contribution is 5.67.